The van der Waals surface area contributed by atoms with Crippen LogP contribution in [0.3, 0.4) is 0 Å². The standard InChI is InChI=1S/C15H16N4O3S/c1-10-5-3-4-6-13(10)17-11(2)15(20)18-16-9-12-7-8-14(23-12)19(21)22/h3-9,11,17H,1-2H3,(H,18,20)/b16-9+. The first kappa shape index (κ1) is 16.6. The van der Waals surface area contributed by atoms with Crippen molar-refractivity contribution in [3.8, 4) is 0 Å². The van der Waals surface area contributed by atoms with Crippen LogP contribution in [0.4, 0.5) is 10.7 Å². The van der Waals surface area contributed by atoms with E-state index in [1.807, 2.05) is 31.2 Å². The number of nitrogens with zero attached hydrogens (tertiary/aromatic N) is 2. The summed E-state index contributed by atoms with van der Waals surface area (Å²) in [4.78, 5) is 22.7. The molecular formula is C15H16N4O3S. The van der Waals surface area contributed by atoms with E-state index in [9.17, 15) is 14.9 Å². The van der Waals surface area contributed by atoms with Crippen molar-refractivity contribution in [2.75, 3.05) is 5.32 Å². The first-order valence-electron chi connectivity index (χ1n) is 6.86. The van der Waals surface area contributed by atoms with Gasteiger partial charge >= 0.3 is 5.00 Å². The summed E-state index contributed by atoms with van der Waals surface area (Å²) in [6.07, 6.45) is 1.38. The number of nitrogens with one attached hydrogen (secondary N) is 2. The molecule has 0 aliphatic rings. The smallest absolute Gasteiger partial charge is 0.324 e. The van der Waals surface area contributed by atoms with Crippen LogP contribution in [0.25, 0.3) is 0 Å². The highest BCUT2D eigenvalue weighted by Gasteiger charge is 2.13. The average Bonchev–Trinajstić information content (AvgIpc) is 2.98. The quantitative estimate of drug-likeness (QED) is 0.483. The Bertz CT molecular complexity index is 742. The number of thiophene rings is 1. The minimum atomic E-state index is -0.467. The number of benzene rings is 1. The third kappa shape index (κ3) is 4.62. The topological polar surface area (TPSA) is 96.6 Å². The van der Waals surface area contributed by atoms with Crippen LogP contribution in [0.1, 0.15) is 17.4 Å². The van der Waals surface area contributed by atoms with Crippen LogP contribution in [0, 0.1) is 17.0 Å². The molecule has 23 heavy (non-hydrogen) atoms. The van der Waals surface area contributed by atoms with E-state index < -0.39 is 11.0 Å². The highest BCUT2D eigenvalue weighted by Crippen LogP contribution is 2.22. The third-order valence-electron chi connectivity index (χ3n) is 3.07. The van der Waals surface area contributed by atoms with Gasteiger partial charge in [-0.1, -0.05) is 29.5 Å². The van der Waals surface area contributed by atoms with E-state index >= 15 is 0 Å². The summed E-state index contributed by atoms with van der Waals surface area (Å²) < 4.78 is 0. The molecule has 0 saturated heterocycles. The van der Waals surface area contributed by atoms with Crippen LogP contribution < -0.4 is 10.7 Å². The van der Waals surface area contributed by atoms with Gasteiger partial charge in [-0.2, -0.15) is 5.10 Å². The lowest BCUT2D eigenvalue weighted by atomic mass is 10.2. The summed E-state index contributed by atoms with van der Waals surface area (Å²) in [5.74, 6) is -0.296. The second-order valence-corrected chi connectivity index (χ2v) is 5.94. The van der Waals surface area contributed by atoms with E-state index in [0.717, 1.165) is 22.6 Å². The van der Waals surface area contributed by atoms with Gasteiger partial charge in [0, 0.05) is 11.8 Å². The molecule has 2 rings (SSSR count). The molecule has 0 bridgehead atoms. The maximum atomic E-state index is 12.0. The lowest BCUT2D eigenvalue weighted by Crippen LogP contribution is -2.35. The van der Waals surface area contributed by atoms with Crippen LogP contribution in [0.15, 0.2) is 41.5 Å². The summed E-state index contributed by atoms with van der Waals surface area (Å²) in [6.45, 7) is 3.68. The van der Waals surface area contributed by atoms with Crippen molar-refractivity contribution in [3.63, 3.8) is 0 Å². The molecule has 120 valence electrons. The van der Waals surface area contributed by atoms with E-state index in [-0.39, 0.29) is 10.9 Å². The molecule has 8 heteroatoms. The van der Waals surface area contributed by atoms with Gasteiger partial charge in [-0.05, 0) is 31.5 Å². The number of aryl methyl sites for hydroxylation is 1. The normalized spacial score (nSPS) is 12.1. The van der Waals surface area contributed by atoms with E-state index in [1.54, 1.807) is 13.0 Å². The van der Waals surface area contributed by atoms with Gasteiger partial charge in [0.05, 0.1) is 16.0 Å². The Kier molecular flexibility index (Phi) is 5.42. The second kappa shape index (κ2) is 7.50. The Labute approximate surface area is 137 Å². The molecule has 1 amide bonds. The SMILES string of the molecule is Cc1ccccc1NC(C)C(=O)N/N=C/c1ccc([N+](=O)[O-])s1. The van der Waals surface area contributed by atoms with Crippen molar-refractivity contribution >= 4 is 34.1 Å². The van der Waals surface area contributed by atoms with Crippen molar-refractivity contribution < 1.29 is 9.72 Å². The van der Waals surface area contributed by atoms with Crippen molar-refractivity contribution in [2.45, 2.75) is 19.9 Å². The zero-order chi connectivity index (χ0) is 16.8. The lowest BCUT2D eigenvalue weighted by Gasteiger charge is -2.15. The summed E-state index contributed by atoms with van der Waals surface area (Å²) in [6, 6.07) is 10.2. The van der Waals surface area contributed by atoms with Gasteiger partial charge in [0.25, 0.3) is 5.91 Å². The Morgan fingerprint density at radius 3 is 2.74 bits per heavy atom. The summed E-state index contributed by atoms with van der Waals surface area (Å²) in [7, 11) is 0. The van der Waals surface area contributed by atoms with Crippen LogP contribution in [-0.4, -0.2) is 23.1 Å². The molecule has 2 aromatic rings. The fourth-order valence-corrected chi connectivity index (χ4v) is 2.49. The number of anilines is 1. The molecule has 0 saturated carbocycles. The highest BCUT2D eigenvalue weighted by molar-refractivity contribution is 7.16. The minimum Gasteiger partial charge on any atom is -0.374 e. The van der Waals surface area contributed by atoms with Gasteiger partial charge in [-0.25, -0.2) is 5.43 Å². The molecule has 1 aromatic carbocycles. The summed E-state index contributed by atoms with van der Waals surface area (Å²) in [5, 5.41) is 17.5. The molecule has 1 unspecified atom stereocenters. The van der Waals surface area contributed by atoms with Crippen LogP contribution in [0.2, 0.25) is 0 Å². The fraction of sp³-hybridized carbons (Fsp3) is 0.200. The van der Waals surface area contributed by atoms with Gasteiger partial charge in [0.1, 0.15) is 6.04 Å². The maximum absolute atomic E-state index is 12.0. The van der Waals surface area contributed by atoms with Crippen molar-refractivity contribution in [2.24, 2.45) is 5.10 Å². The average molecular weight is 332 g/mol. The monoisotopic (exact) mass is 332 g/mol. The predicted molar refractivity (Wildman–Crippen MR) is 91.0 cm³/mol. The first-order chi connectivity index (χ1) is 11.0. The molecule has 1 atom stereocenters. The van der Waals surface area contributed by atoms with E-state index in [1.165, 1.54) is 12.3 Å². The molecule has 0 spiro atoms. The van der Waals surface area contributed by atoms with Crippen molar-refractivity contribution in [1.29, 1.82) is 0 Å². The zero-order valence-corrected chi connectivity index (χ0v) is 13.5. The van der Waals surface area contributed by atoms with Gasteiger partial charge in [-0.3, -0.25) is 14.9 Å². The minimum absolute atomic E-state index is 0.0346. The van der Waals surface area contributed by atoms with Crippen molar-refractivity contribution in [3.05, 3.63) is 57.0 Å². The largest absolute Gasteiger partial charge is 0.374 e. The second-order valence-electron chi connectivity index (χ2n) is 4.85. The van der Waals surface area contributed by atoms with E-state index in [2.05, 4.69) is 15.8 Å². The maximum Gasteiger partial charge on any atom is 0.324 e. The number of para-hydroxylation sites is 1. The molecule has 1 heterocycles. The van der Waals surface area contributed by atoms with Gasteiger partial charge in [0.15, 0.2) is 0 Å². The molecule has 1 aromatic heterocycles. The van der Waals surface area contributed by atoms with Crippen LogP contribution >= 0.6 is 11.3 Å². The third-order valence-corrected chi connectivity index (χ3v) is 4.04. The number of hydrogen-bond acceptors (Lipinski definition) is 6. The summed E-state index contributed by atoms with van der Waals surface area (Å²) >= 11 is 0.990. The molecule has 0 radical (unpaired) electrons. The molecule has 0 aliphatic carbocycles. The number of nitro groups is 1. The Morgan fingerprint density at radius 1 is 1.35 bits per heavy atom. The first-order valence-corrected chi connectivity index (χ1v) is 7.68. The zero-order valence-electron chi connectivity index (χ0n) is 12.6. The van der Waals surface area contributed by atoms with Crippen molar-refractivity contribution in [1.82, 2.24) is 5.43 Å². The Balaban J connectivity index is 1.89. The number of carbonyl (C=O) groups is 1. The van der Waals surface area contributed by atoms with Crippen LogP contribution in [-0.2, 0) is 4.79 Å². The molecule has 0 aliphatic heterocycles. The highest BCUT2D eigenvalue weighted by atomic mass is 32.1. The number of carbonyl (C=O) groups excluding carboxylic acids is 1. The Morgan fingerprint density at radius 2 is 2.09 bits per heavy atom. The van der Waals surface area contributed by atoms with Gasteiger partial charge in [0.2, 0.25) is 0 Å². The van der Waals surface area contributed by atoms with E-state index in [0.29, 0.717) is 4.88 Å². The summed E-state index contributed by atoms with van der Waals surface area (Å²) in [5.41, 5.74) is 4.34. The molecule has 7 nitrogen and oxygen atoms in total. The van der Waals surface area contributed by atoms with E-state index in [4.69, 9.17) is 0 Å². The number of hydrazone groups is 1. The molecular weight excluding hydrogens is 316 g/mol. The number of hydrogen-bond donors (Lipinski definition) is 2. The number of amides is 1. The van der Waals surface area contributed by atoms with Crippen LogP contribution in [0.5, 0.6) is 0 Å². The fourth-order valence-electron chi connectivity index (χ4n) is 1.80. The molecule has 0 fully saturated rings. The lowest BCUT2D eigenvalue weighted by molar-refractivity contribution is -0.380. The predicted octanol–water partition coefficient (Wildman–Crippen LogP) is 2.92. The molecule has 2 N–H and O–H groups in total. The Hall–Kier alpha value is -2.74. The van der Waals surface area contributed by atoms with Gasteiger partial charge < -0.3 is 5.32 Å². The van der Waals surface area contributed by atoms with Gasteiger partial charge in [-0.15, -0.1) is 0 Å². The number of rotatable bonds is 6.